The minimum Gasteiger partial charge on any atom is -0.478 e. The molecule has 0 bridgehead atoms. The van der Waals surface area contributed by atoms with E-state index in [-0.39, 0.29) is 5.56 Å². The first-order valence-electron chi connectivity index (χ1n) is 6.04. The standard InChI is InChI=1S/C15H11N3O2/c19-15(20)12-8-11(9-16-10-12)14-6-7-17-18(14)13-4-2-1-3-5-13/h1-10H,(H,19,20). The number of carbonyl (C=O) groups is 1. The molecule has 1 N–H and O–H groups in total. The number of rotatable bonds is 3. The third-order valence-corrected chi connectivity index (χ3v) is 2.92. The highest BCUT2D eigenvalue weighted by molar-refractivity contribution is 5.88. The number of pyridine rings is 1. The third-order valence-electron chi connectivity index (χ3n) is 2.92. The van der Waals surface area contributed by atoms with Gasteiger partial charge in [-0.3, -0.25) is 4.98 Å². The summed E-state index contributed by atoms with van der Waals surface area (Å²) in [6.45, 7) is 0. The van der Waals surface area contributed by atoms with Gasteiger partial charge in [-0.15, -0.1) is 0 Å². The number of carboxylic acid groups (broad SMARTS) is 1. The third kappa shape index (κ3) is 2.16. The van der Waals surface area contributed by atoms with E-state index >= 15 is 0 Å². The first-order chi connectivity index (χ1) is 9.75. The van der Waals surface area contributed by atoms with Crippen LogP contribution in [0.1, 0.15) is 10.4 Å². The van der Waals surface area contributed by atoms with Crippen molar-refractivity contribution in [3.8, 4) is 16.9 Å². The molecule has 0 aliphatic heterocycles. The lowest BCUT2D eigenvalue weighted by Crippen LogP contribution is -2.01. The van der Waals surface area contributed by atoms with Crippen LogP contribution < -0.4 is 0 Å². The second-order valence-corrected chi connectivity index (χ2v) is 4.23. The Morgan fingerprint density at radius 3 is 2.65 bits per heavy atom. The molecule has 0 unspecified atom stereocenters. The Labute approximate surface area is 115 Å². The van der Waals surface area contributed by atoms with Gasteiger partial charge in [0.25, 0.3) is 0 Å². The number of nitrogens with zero attached hydrogens (tertiary/aromatic N) is 3. The van der Waals surface area contributed by atoms with E-state index in [1.807, 2.05) is 36.4 Å². The van der Waals surface area contributed by atoms with E-state index in [2.05, 4.69) is 10.1 Å². The summed E-state index contributed by atoms with van der Waals surface area (Å²) in [5.41, 5.74) is 2.58. The van der Waals surface area contributed by atoms with E-state index < -0.39 is 5.97 Å². The Balaban J connectivity index is 2.10. The average Bonchev–Trinajstić information content (AvgIpc) is 2.98. The number of benzene rings is 1. The van der Waals surface area contributed by atoms with Crippen molar-refractivity contribution in [3.05, 3.63) is 66.6 Å². The summed E-state index contributed by atoms with van der Waals surface area (Å²) < 4.78 is 1.75. The van der Waals surface area contributed by atoms with E-state index in [0.29, 0.717) is 5.56 Å². The van der Waals surface area contributed by atoms with Crippen LogP contribution in [0.2, 0.25) is 0 Å². The first-order valence-corrected chi connectivity index (χ1v) is 6.04. The van der Waals surface area contributed by atoms with E-state index in [1.54, 1.807) is 23.1 Å². The van der Waals surface area contributed by atoms with Crippen molar-refractivity contribution in [1.82, 2.24) is 14.8 Å². The summed E-state index contributed by atoms with van der Waals surface area (Å²) in [6.07, 6.45) is 4.63. The van der Waals surface area contributed by atoms with Crippen LogP contribution in [0.5, 0.6) is 0 Å². The molecule has 98 valence electrons. The summed E-state index contributed by atoms with van der Waals surface area (Å²) in [5, 5.41) is 13.3. The highest BCUT2D eigenvalue weighted by Gasteiger charge is 2.10. The number of para-hydroxylation sites is 1. The van der Waals surface area contributed by atoms with Crippen LogP contribution in [0, 0.1) is 0 Å². The fourth-order valence-electron chi connectivity index (χ4n) is 1.99. The average molecular weight is 265 g/mol. The molecule has 0 fully saturated rings. The van der Waals surface area contributed by atoms with Gasteiger partial charge in [-0.05, 0) is 24.3 Å². The molecule has 1 aromatic carbocycles. The maximum atomic E-state index is 11.0. The molecule has 0 spiro atoms. The van der Waals surface area contributed by atoms with Crippen molar-refractivity contribution in [1.29, 1.82) is 0 Å². The maximum absolute atomic E-state index is 11.0. The molecule has 0 amide bonds. The van der Waals surface area contributed by atoms with Crippen molar-refractivity contribution < 1.29 is 9.90 Å². The van der Waals surface area contributed by atoms with Gasteiger partial charge in [-0.2, -0.15) is 5.10 Å². The zero-order valence-electron chi connectivity index (χ0n) is 10.5. The highest BCUT2D eigenvalue weighted by Crippen LogP contribution is 2.22. The van der Waals surface area contributed by atoms with Crippen molar-refractivity contribution in [2.45, 2.75) is 0 Å². The van der Waals surface area contributed by atoms with Crippen LogP contribution in [0.4, 0.5) is 0 Å². The lowest BCUT2D eigenvalue weighted by molar-refractivity contribution is 0.0696. The van der Waals surface area contributed by atoms with Crippen molar-refractivity contribution in [3.63, 3.8) is 0 Å². The van der Waals surface area contributed by atoms with Gasteiger partial charge in [0.15, 0.2) is 0 Å². The Morgan fingerprint density at radius 1 is 1.10 bits per heavy atom. The van der Waals surface area contributed by atoms with Crippen LogP contribution in [-0.4, -0.2) is 25.8 Å². The van der Waals surface area contributed by atoms with Gasteiger partial charge >= 0.3 is 5.97 Å². The molecular weight excluding hydrogens is 254 g/mol. The van der Waals surface area contributed by atoms with Gasteiger partial charge in [0.05, 0.1) is 23.1 Å². The van der Waals surface area contributed by atoms with Crippen molar-refractivity contribution in [2.75, 3.05) is 0 Å². The van der Waals surface area contributed by atoms with Crippen LogP contribution in [0.3, 0.4) is 0 Å². The molecule has 0 saturated heterocycles. The second-order valence-electron chi connectivity index (χ2n) is 4.23. The molecule has 0 aliphatic rings. The molecule has 0 radical (unpaired) electrons. The fraction of sp³-hybridized carbons (Fsp3) is 0. The largest absolute Gasteiger partial charge is 0.478 e. The Morgan fingerprint density at radius 2 is 1.90 bits per heavy atom. The van der Waals surface area contributed by atoms with Crippen molar-refractivity contribution >= 4 is 5.97 Å². The molecule has 5 nitrogen and oxygen atoms in total. The molecule has 0 saturated carbocycles. The lowest BCUT2D eigenvalue weighted by atomic mass is 10.1. The van der Waals surface area contributed by atoms with E-state index in [4.69, 9.17) is 5.11 Å². The van der Waals surface area contributed by atoms with Crippen LogP contribution in [-0.2, 0) is 0 Å². The molecule has 2 heterocycles. The molecule has 5 heteroatoms. The highest BCUT2D eigenvalue weighted by atomic mass is 16.4. The summed E-state index contributed by atoms with van der Waals surface area (Å²) in [6, 6.07) is 13.1. The SMILES string of the molecule is O=C(O)c1cncc(-c2ccnn2-c2ccccc2)c1. The summed E-state index contributed by atoms with van der Waals surface area (Å²) in [5.74, 6) is -0.995. The quantitative estimate of drug-likeness (QED) is 0.790. The minimum atomic E-state index is -0.995. The first kappa shape index (κ1) is 12.1. The topological polar surface area (TPSA) is 68.0 Å². The fourth-order valence-corrected chi connectivity index (χ4v) is 1.99. The Bertz CT molecular complexity index is 751. The van der Waals surface area contributed by atoms with Gasteiger partial charge in [-0.1, -0.05) is 18.2 Å². The maximum Gasteiger partial charge on any atom is 0.337 e. The predicted molar refractivity (Wildman–Crippen MR) is 73.8 cm³/mol. The van der Waals surface area contributed by atoms with Gasteiger partial charge in [0, 0.05) is 18.0 Å². The van der Waals surface area contributed by atoms with Gasteiger partial charge in [0.2, 0.25) is 0 Å². The monoisotopic (exact) mass is 265 g/mol. The van der Waals surface area contributed by atoms with Crippen molar-refractivity contribution in [2.24, 2.45) is 0 Å². The Kier molecular flexibility index (Phi) is 3.01. The predicted octanol–water partition coefficient (Wildman–Crippen LogP) is 2.63. The number of carboxylic acids is 1. The Hall–Kier alpha value is -2.95. The number of aromatic carboxylic acids is 1. The zero-order valence-corrected chi connectivity index (χ0v) is 10.5. The molecule has 3 aromatic rings. The molecule has 20 heavy (non-hydrogen) atoms. The minimum absolute atomic E-state index is 0.156. The zero-order chi connectivity index (χ0) is 13.9. The number of hydrogen-bond acceptors (Lipinski definition) is 3. The number of aromatic nitrogens is 3. The van der Waals surface area contributed by atoms with Gasteiger partial charge in [-0.25, -0.2) is 9.48 Å². The van der Waals surface area contributed by atoms with Crippen LogP contribution in [0.15, 0.2) is 61.1 Å². The van der Waals surface area contributed by atoms with E-state index in [1.165, 1.54) is 6.20 Å². The molecule has 0 atom stereocenters. The van der Waals surface area contributed by atoms with Gasteiger partial charge in [0.1, 0.15) is 0 Å². The molecule has 0 aliphatic carbocycles. The van der Waals surface area contributed by atoms with Crippen LogP contribution in [0.25, 0.3) is 16.9 Å². The van der Waals surface area contributed by atoms with E-state index in [9.17, 15) is 4.79 Å². The summed E-state index contributed by atoms with van der Waals surface area (Å²) in [4.78, 5) is 15.0. The molecule has 3 rings (SSSR count). The molecule has 2 aromatic heterocycles. The lowest BCUT2D eigenvalue weighted by Gasteiger charge is -2.07. The summed E-state index contributed by atoms with van der Waals surface area (Å²) >= 11 is 0. The molecular formula is C15H11N3O2. The normalized spacial score (nSPS) is 10.4. The van der Waals surface area contributed by atoms with Crippen LogP contribution >= 0.6 is 0 Å². The van der Waals surface area contributed by atoms with E-state index in [0.717, 1.165) is 11.4 Å². The number of hydrogen-bond donors (Lipinski definition) is 1. The second kappa shape index (κ2) is 4.97. The smallest absolute Gasteiger partial charge is 0.337 e. The van der Waals surface area contributed by atoms with Gasteiger partial charge < -0.3 is 5.11 Å². The summed E-state index contributed by atoms with van der Waals surface area (Å²) in [7, 11) is 0.